The summed E-state index contributed by atoms with van der Waals surface area (Å²) in [5.41, 5.74) is 1.06. The van der Waals surface area contributed by atoms with E-state index in [1.54, 1.807) is 11.8 Å². The van der Waals surface area contributed by atoms with Gasteiger partial charge in [0.15, 0.2) is 0 Å². The molecule has 1 aromatic heterocycles. The molecule has 0 N–H and O–H groups in total. The lowest BCUT2D eigenvalue weighted by molar-refractivity contribution is -0.257. The van der Waals surface area contributed by atoms with Gasteiger partial charge in [-0.25, -0.2) is 14.5 Å². The lowest BCUT2D eigenvalue weighted by Gasteiger charge is -2.37. The highest BCUT2D eigenvalue weighted by atomic mass is 32.2. The Balaban J connectivity index is 1.47. The summed E-state index contributed by atoms with van der Waals surface area (Å²) in [4.78, 5) is 25.0. The van der Waals surface area contributed by atoms with E-state index in [9.17, 15) is 9.59 Å². The summed E-state index contributed by atoms with van der Waals surface area (Å²) in [6.07, 6.45) is 5.01. The topological polar surface area (TPSA) is 81.6 Å². The van der Waals surface area contributed by atoms with Crippen LogP contribution in [0, 0.1) is 5.92 Å². The highest BCUT2D eigenvalue weighted by Gasteiger charge is 2.59. The lowest BCUT2D eigenvalue weighted by atomic mass is 9.88. The molecule has 3 atom stereocenters. The maximum absolute atomic E-state index is 11.5. The van der Waals surface area contributed by atoms with Gasteiger partial charge < -0.3 is 9.47 Å². The summed E-state index contributed by atoms with van der Waals surface area (Å²) in [5, 5.41) is 1.04. The number of rotatable bonds is 6. The van der Waals surface area contributed by atoms with Crippen LogP contribution >= 0.6 is 23.5 Å². The normalized spacial score (nSPS) is 29.9. The maximum atomic E-state index is 11.5. The molecule has 3 aliphatic heterocycles. The number of ether oxygens (including phenoxy) is 2. The molecular formula is C16H21N3O4S2. The SMILES string of the molecule is CCCCCSc1nsnc1C1CN2CC1CCC21OC(=O)C(=O)O1. The summed E-state index contributed by atoms with van der Waals surface area (Å²) in [6.45, 7) is 3.63. The third-order valence-electron chi connectivity index (χ3n) is 5.24. The molecule has 4 rings (SSSR count). The summed E-state index contributed by atoms with van der Waals surface area (Å²) in [6, 6.07) is 0. The van der Waals surface area contributed by atoms with Crippen molar-refractivity contribution in [2.75, 3.05) is 18.8 Å². The van der Waals surface area contributed by atoms with Crippen molar-refractivity contribution in [3.63, 3.8) is 0 Å². The average Bonchev–Trinajstić information content (AvgIpc) is 3.26. The fourth-order valence-corrected chi connectivity index (χ4v) is 5.71. The number of fused-ring (bicyclic) bond motifs is 3. The van der Waals surface area contributed by atoms with Gasteiger partial charge in [-0.2, -0.15) is 8.75 Å². The van der Waals surface area contributed by atoms with Crippen LogP contribution in [0.3, 0.4) is 0 Å². The van der Waals surface area contributed by atoms with Gasteiger partial charge in [-0.05, 0) is 24.5 Å². The van der Waals surface area contributed by atoms with Crippen LogP contribution in [0.5, 0.6) is 0 Å². The molecule has 3 aliphatic rings. The van der Waals surface area contributed by atoms with Crippen molar-refractivity contribution in [1.82, 2.24) is 13.6 Å². The van der Waals surface area contributed by atoms with Crippen molar-refractivity contribution in [3.05, 3.63) is 5.69 Å². The Bertz CT molecular complexity index is 664. The minimum atomic E-state index is -1.18. The van der Waals surface area contributed by atoms with Gasteiger partial charge in [-0.3, -0.25) is 0 Å². The molecule has 0 amide bonds. The molecule has 0 aromatic carbocycles. The van der Waals surface area contributed by atoms with Crippen LogP contribution in [0.2, 0.25) is 0 Å². The van der Waals surface area contributed by atoms with E-state index in [1.807, 2.05) is 4.90 Å². The van der Waals surface area contributed by atoms with Crippen molar-refractivity contribution in [3.8, 4) is 0 Å². The van der Waals surface area contributed by atoms with Crippen LogP contribution in [0.1, 0.15) is 50.6 Å². The number of hydrogen-bond acceptors (Lipinski definition) is 9. The first kappa shape index (κ1) is 17.2. The van der Waals surface area contributed by atoms with E-state index in [-0.39, 0.29) is 5.92 Å². The first-order chi connectivity index (χ1) is 12.1. The summed E-state index contributed by atoms with van der Waals surface area (Å²) in [7, 11) is 0. The zero-order valence-corrected chi connectivity index (χ0v) is 15.7. The Hall–Kier alpha value is -1.19. The molecule has 3 unspecified atom stereocenters. The first-order valence-electron chi connectivity index (χ1n) is 8.79. The Morgan fingerprint density at radius 2 is 2.04 bits per heavy atom. The van der Waals surface area contributed by atoms with Crippen LogP contribution in [0.15, 0.2) is 5.03 Å². The van der Waals surface area contributed by atoms with Gasteiger partial charge in [-0.1, -0.05) is 19.8 Å². The molecule has 9 heteroatoms. The monoisotopic (exact) mass is 383 g/mol. The smallest absolute Gasteiger partial charge is 0.400 e. The number of hydrogen-bond donors (Lipinski definition) is 0. The Morgan fingerprint density at radius 1 is 1.24 bits per heavy atom. The minimum absolute atomic E-state index is 0.254. The number of esters is 2. The fraction of sp³-hybridized carbons (Fsp3) is 0.750. The molecule has 25 heavy (non-hydrogen) atoms. The zero-order valence-electron chi connectivity index (χ0n) is 14.1. The number of thioether (sulfide) groups is 1. The van der Waals surface area contributed by atoms with Crippen molar-refractivity contribution >= 4 is 35.4 Å². The van der Waals surface area contributed by atoms with E-state index in [2.05, 4.69) is 15.7 Å². The average molecular weight is 383 g/mol. The molecule has 0 saturated carbocycles. The lowest BCUT2D eigenvalue weighted by Crippen LogP contribution is -2.51. The highest BCUT2D eigenvalue weighted by Crippen LogP contribution is 2.48. The molecule has 7 nitrogen and oxygen atoms in total. The predicted molar refractivity (Wildman–Crippen MR) is 92.1 cm³/mol. The third-order valence-corrected chi connectivity index (χ3v) is 6.97. The van der Waals surface area contributed by atoms with E-state index < -0.39 is 17.8 Å². The van der Waals surface area contributed by atoms with Gasteiger partial charge in [0, 0.05) is 25.4 Å². The van der Waals surface area contributed by atoms with Gasteiger partial charge in [0.2, 0.25) is 0 Å². The van der Waals surface area contributed by atoms with Crippen LogP contribution in [-0.2, 0) is 19.1 Å². The van der Waals surface area contributed by atoms with Crippen molar-refractivity contribution in [2.24, 2.45) is 5.92 Å². The zero-order chi connectivity index (χ0) is 17.4. The van der Waals surface area contributed by atoms with Crippen molar-refractivity contribution in [2.45, 2.75) is 55.9 Å². The van der Waals surface area contributed by atoms with Crippen molar-refractivity contribution in [1.29, 1.82) is 0 Å². The number of carbonyl (C=O) groups is 2. The van der Waals surface area contributed by atoms with Crippen LogP contribution in [-0.4, -0.2) is 50.3 Å². The second kappa shape index (κ2) is 6.85. The van der Waals surface area contributed by atoms with Crippen LogP contribution < -0.4 is 0 Å². The van der Waals surface area contributed by atoms with Gasteiger partial charge in [0.25, 0.3) is 0 Å². The number of aromatic nitrogens is 2. The van der Waals surface area contributed by atoms with Gasteiger partial charge in [0.1, 0.15) is 5.03 Å². The summed E-state index contributed by atoms with van der Waals surface area (Å²) in [5.74, 6) is -1.20. The molecule has 1 aromatic rings. The van der Waals surface area contributed by atoms with E-state index in [1.165, 1.54) is 31.0 Å². The molecule has 3 saturated heterocycles. The van der Waals surface area contributed by atoms with E-state index >= 15 is 0 Å². The third kappa shape index (κ3) is 3.06. The van der Waals surface area contributed by atoms with Crippen LogP contribution in [0.25, 0.3) is 0 Å². The first-order valence-corrected chi connectivity index (χ1v) is 10.5. The molecule has 0 aliphatic carbocycles. The maximum Gasteiger partial charge on any atom is 0.421 e. The molecule has 4 heterocycles. The second-order valence-corrected chi connectivity index (χ2v) is 8.42. The van der Waals surface area contributed by atoms with Crippen LogP contribution in [0.4, 0.5) is 0 Å². The standard InChI is InChI=1S/C16H21N3O4S2/c1-2-3-4-7-24-13-12(17-25-18-13)11-9-19-8-10(11)5-6-16(19)22-14(20)15(21)23-16/h10-11H,2-9H2,1H3. The molecule has 136 valence electrons. The molecule has 3 fully saturated rings. The van der Waals surface area contributed by atoms with Gasteiger partial charge in [-0.15, -0.1) is 11.8 Å². The quantitative estimate of drug-likeness (QED) is 0.321. The minimum Gasteiger partial charge on any atom is -0.400 e. The van der Waals surface area contributed by atoms with E-state index in [4.69, 9.17) is 9.47 Å². The predicted octanol–water partition coefficient (Wildman–Crippen LogP) is 2.38. The fourth-order valence-electron chi connectivity index (χ4n) is 3.94. The Labute approximate surface area is 154 Å². The Morgan fingerprint density at radius 3 is 2.80 bits per heavy atom. The largest absolute Gasteiger partial charge is 0.421 e. The number of nitrogens with zero attached hydrogens (tertiary/aromatic N) is 3. The summed E-state index contributed by atoms with van der Waals surface area (Å²) >= 11 is 3.05. The van der Waals surface area contributed by atoms with E-state index in [0.29, 0.717) is 18.9 Å². The highest BCUT2D eigenvalue weighted by molar-refractivity contribution is 7.99. The van der Waals surface area contributed by atoms with Gasteiger partial charge in [0.05, 0.1) is 17.4 Å². The molecule has 0 radical (unpaired) electrons. The summed E-state index contributed by atoms with van der Waals surface area (Å²) < 4.78 is 19.7. The number of piperidine rings is 1. The molecule has 1 spiro atoms. The number of unbranched alkanes of at least 4 members (excludes halogenated alkanes) is 2. The second-order valence-electron chi connectivity index (χ2n) is 6.81. The molecular weight excluding hydrogens is 362 g/mol. The van der Waals surface area contributed by atoms with Crippen molar-refractivity contribution < 1.29 is 19.1 Å². The number of carbonyl (C=O) groups excluding carboxylic acids is 2. The molecule has 2 bridgehead atoms. The Kier molecular flexibility index (Phi) is 4.72. The van der Waals surface area contributed by atoms with Gasteiger partial charge >= 0.3 is 17.8 Å². The van der Waals surface area contributed by atoms with E-state index in [0.717, 1.165) is 29.4 Å².